The van der Waals surface area contributed by atoms with Crippen molar-refractivity contribution in [2.45, 2.75) is 65.5 Å². The maximum atomic E-state index is 12.1. The second-order valence-corrected chi connectivity index (χ2v) is 7.25. The van der Waals surface area contributed by atoms with Crippen molar-refractivity contribution < 1.29 is 43.2 Å². The number of hydrogen-bond acceptors (Lipinski definition) is 9. The summed E-state index contributed by atoms with van der Waals surface area (Å²) in [5.74, 6) is -3.19. The Hall–Kier alpha value is -3.14. The molecule has 0 fully saturated rings. The van der Waals surface area contributed by atoms with Crippen molar-refractivity contribution in [3.05, 3.63) is 23.8 Å². The highest BCUT2D eigenvalue weighted by Crippen LogP contribution is 2.32. The molecule has 0 spiro atoms. The molecule has 1 aromatic carbocycles. The minimum absolute atomic E-state index is 0.0210. The third kappa shape index (κ3) is 7.23. The SMILES string of the molecule is CCOC(=O)O[C@@H](C)[C@@H](C)[C@](N)(Cc1ccc(OC(=O)CC)c(OC(=O)CC)c1)C(=O)O. The molecule has 3 atom stereocenters. The monoisotopic (exact) mass is 453 g/mol. The molecule has 0 aliphatic carbocycles. The van der Waals surface area contributed by atoms with E-state index in [1.54, 1.807) is 27.7 Å². The molecule has 32 heavy (non-hydrogen) atoms. The van der Waals surface area contributed by atoms with E-state index in [1.165, 1.54) is 25.1 Å². The van der Waals surface area contributed by atoms with Gasteiger partial charge in [-0.3, -0.25) is 14.4 Å². The molecular weight excluding hydrogens is 422 g/mol. The highest BCUT2D eigenvalue weighted by atomic mass is 16.7. The van der Waals surface area contributed by atoms with E-state index < -0.39 is 41.6 Å². The summed E-state index contributed by atoms with van der Waals surface area (Å²) in [6.45, 7) is 8.02. The number of nitrogens with two attached hydrogens (primary N) is 1. The third-order valence-electron chi connectivity index (χ3n) is 4.99. The summed E-state index contributed by atoms with van der Waals surface area (Å²) in [4.78, 5) is 47.2. The van der Waals surface area contributed by atoms with E-state index in [4.69, 9.17) is 24.7 Å². The van der Waals surface area contributed by atoms with Crippen molar-refractivity contribution in [3.8, 4) is 11.5 Å². The number of benzene rings is 1. The van der Waals surface area contributed by atoms with E-state index in [-0.39, 0.29) is 37.4 Å². The highest BCUT2D eigenvalue weighted by Gasteiger charge is 2.44. The lowest BCUT2D eigenvalue weighted by atomic mass is 9.78. The first kappa shape index (κ1) is 26.9. The summed E-state index contributed by atoms with van der Waals surface area (Å²) in [6.07, 6.45) is -1.77. The second kappa shape index (κ2) is 12.0. The zero-order chi connectivity index (χ0) is 24.5. The van der Waals surface area contributed by atoms with E-state index in [9.17, 15) is 24.3 Å². The summed E-state index contributed by atoms with van der Waals surface area (Å²) >= 11 is 0. The van der Waals surface area contributed by atoms with Gasteiger partial charge in [-0.1, -0.05) is 26.8 Å². The van der Waals surface area contributed by atoms with Gasteiger partial charge in [0.05, 0.1) is 6.61 Å². The van der Waals surface area contributed by atoms with Crippen LogP contribution in [0.15, 0.2) is 18.2 Å². The normalized spacial score (nSPS) is 14.4. The lowest BCUT2D eigenvalue weighted by Gasteiger charge is -2.34. The fourth-order valence-electron chi connectivity index (χ4n) is 2.81. The summed E-state index contributed by atoms with van der Waals surface area (Å²) < 4.78 is 20.3. The van der Waals surface area contributed by atoms with Crippen LogP contribution in [0.25, 0.3) is 0 Å². The van der Waals surface area contributed by atoms with Gasteiger partial charge >= 0.3 is 24.1 Å². The summed E-state index contributed by atoms with van der Waals surface area (Å²) in [7, 11) is 0. The van der Waals surface area contributed by atoms with Gasteiger partial charge in [-0.15, -0.1) is 0 Å². The number of carboxylic acids is 1. The maximum absolute atomic E-state index is 12.1. The van der Waals surface area contributed by atoms with E-state index in [2.05, 4.69) is 0 Å². The van der Waals surface area contributed by atoms with Gasteiger partial charge in [0.25, 0.3) is 0 Å². The molecule has 0 heterocycles. The molecule has 10 heteroatoms. The molecule has 1 rings (SSSR count). The average Bonchev–Trinajstić information content (AvgIpc) is 2.74. The topological polar surface area (TPSA) is 151 Å². The van der Waals surface area contributed by atoms with E-state index in [0.29, 0.717) is 5.56 Å². The number of carbonyl (C=O) groups is 4. The third-order valence-corrected chi connectivity index (χ3v) is 4.99. The number of aliphatic carboxylic acids is 1. The van der Waals surface area contributed by atoms with Crippen molar-refractivity contribution in [1.29, 1.82) is 0 Å². The highest BCUT2D eigenvalue weighted by molar-refractivity contribution is 5.80. The second-order valence-electron chi connectivity index (χ2n) is 7.25. The van der Waals surface area contributed by atoms with Crippen LogP contribution >= 0.6 is 0 Å². The molecule has 10 nitrogen and oxygen atoms in total. The van der Waals surface area contributed by atoms with Crippen LogP contribution in [-0.4, -0.2) is 47.4 Å². The molecule has 0 saturated carbocycles. The number of ether oxygens (including phenoxy) is 4. The smallest absolute Gasteiger partial charge is 0.480 e. The van der Waals surface area contributed by atoms with Crippen molar-refractivity contribution in [3.63, 3.8) is 0 Å². The average molecular weight is 453 g/mol. The van der Waals surface area contributed by atoms with Gasteiger partial charge < -0.3 is 29.8 Å². The Morgan fingerprint density at radius 2 is 1.56 bits per heavy atom. The molecule has 0 bridgehead atoms. The van der Waals surface area contributed by atoms with Crippen LogP contribution in [0.3, 0.4) is 0 Å². The largest absolute Gasteiger partial charge is 0.508 e. The van der Waals surface area contributed by atoms with Gasteiger partial charge in [0.1, 0.15) is 11.6 Å². The van der Waals surface area contributed by atoms with Gasteiger partial charge in [-0.2, -0.15) is 0 Å². The molecule has 0 saturated heterocycles. The Morgan fingerprint density at radius 3 is 2.06 bits per heavy atom. The lowest BCUT2D eigenvalue weighted by molar-refractivity contribution is -0.147. The Balaban J connectivity index is 3.23. The van der Waals surface area contributed by atoms with Crippen LogP contribution in [0.5, 0.6) is 11.5 Å². The van der Waals surface area contributed by atoms with Gasteiger partial charge in [-0.25, -0.2) is 4.79 Å². The molecule has 0 aromatic heterocycles. The Morgan fingerprint density at radius 1 is 1.00 bits per heavy atom. The fourth-order valence-corrected chi connectivity index (χ4v) is 2.81. The van der Waals surface area contributed by atoms with E-state index >= 15 is 0 Å². The summed E-state index contributed by atoms with van der Waals surface area (Å²) in [5, 5.41) is 9.86. The number of carboxylic acid groups (broad SMARTS) is 1. The molecular formula is C22H31NO9. The van der Waals surface area contributed by atoms with Gasteiger partial charge in [0.2, 0.25) is 0 Å². The summed E-state index contributed by atoms with van der Waals surface area (Å²) in [5.41, 5.74) is 4.84. The molecule has 0 amide bonds. The van der Waals surface area contributed by atoms with E-state index in [0.717, 1.165) is 0 Å². The Bertz CT molecular complexity index is 839. The zero-order valence-corrected chi connectivity index (χ0v) is 19.0. The number of carbonyl (C=O) groups excluding carboxylic acids is 3. The van der Waals surface area contributed by atoms with Gasteiger partial charge in [0.15, 0.2) is 11.5 Å². The first-order chi connectivity index (χ1) is 15.0. The lowest BCUT2D eigenvalue weighted by Crippen LogP contribution is -2.58. The first-order valence-corrected chi connectivity index (χ1v) is 10.4. The van der Waals surface area contributed by atoms with Crippen LogP contribution in [0.2, 0.25) is 0 Å². The van der Waals surface area contributed by atoms with Crippen LogP contribution in [0.4, 0.5) is 4.79 Å². The predicted octanol–water partition coefficient (Wildman–Crippen LogP) is 2.84. The van der Waals surface area contributed by atoms with Gasteiger partial charge in [-0.05, 0) is 31.5 Å². The fraction of sp³-hybridized carbons (Fsp3) is 0.545. The zero-order valence-electron chi connectivity index (χ0n) is 19.0. The number of esters is 2. The molecule has 0 aliphatic rings. The van der Waals surface area contributed by atoms with Crippen LogP contribution in [-0.2, 0) is 30.3 Å². The van der Waals surface area contributed by atoms with Crippen LogP contribution in [0, 0.1) is 5.92 Å². The molecule has 0 unspecified atom stereocenters. The molecule has 1 aromatic rings. The molecule has 0 radical (unpaired) electrons. The van der Waals surface area contributed by atoms with Crippen LogP contribution < -0.4 is 15.2 Å². The molecule has 3 N–H and O–H groups in total. The van der Waals surface area contributed by atoms with Crippen molar-refractivity contribution >= 4 is 24.1 Å². The van der Waals surface area contributed by atoms with Crippen molar-refractivity contribution in [2.24, 2.45) is 11.7 Å². The Labute approximate surface area is 187 Å². The van der Waals surface area contributed by atoms with E-state index in [1.807, 2.05) is 0 Å². The number of hydrogen-bond donors (Lipinski definition) is 2. The van der Waals surface area contributed by atoms with Crippen molar-refractivity contribution in [2.75, 3.05) is 6.61 Å². The van der Waals surface area contributed by atoms with Crippen molar-refractivity contribution in [1.82, 2.24) is 0 Å². The maximum Gasteiger partial charge on any atom is 0.508 e. The quantitative estimate of drug-likeness (QED) is 0.378. The summed E-state index contributed by atoms with van der Waals surface area (Å²) in [6, 6.07) is 4.34. The minimum atomic E-state index is -1.83. The predicted molar refractivity (Wildman–Crippen MR) is 113 cm³/mol. The first-order valence-electron chi connectivity index (χ1n) is 10.4. The Kier molecular flexibility index (Phi) is 10.1. The minimum Gasteiger partial charge on any atom is -0.480 e. The molecule has 0 aliphatic heterocycles. The molecule has 178 valence electrons. The van der Waals surface area contributed by atoms with Crippen LogP contribution in [0.1, 0.15) is 53.0 Å². The van der Waals surface area contributed by atoms with Gasteiger partial charge in [0, 0.05) is 25.2 Å². The number of rotatable bonds is 11. The standard InChI is InChI=1S/C22H31NO9/c1-6-18(24)31-16-10-9-15(11-17(16)32-19(25)7-2)12-22(23,20(26)27)13(4)14(5)30-21(28)29-8-3/h9-11,13-14H,6-8,12,23H2,1-5H3,(H,26,27)/t13-,14+,22-/m1/s1.